The van der Waals surface area contributed by atoms with Gasteiger partial charge in [0, 0.05) is 6.54 Å². The second-order valence-corrected chi connectivity index (χ2v) is 4.36. The van der Waals surface area contributed by atoms with Crippen LogP contribution in [0.5, 0.6) is 0 Å². The normalized spacial score (nSPS) is 10.1. The largest absolute Gasteiger partial charge is 0.481 e. The molecule has 0 unspecified atom stereocenters. The van der Waals surface area contributed by atoms with E-state index in [2.05, 4.69) is 15.5 Å². The van der Waals surface area contributed by atoms with Crippen LogP contribution in [0.3, 0.4) is 0 Å². The van der Waals surface area contributed by atoms with Crippen LogP contribution in [0.1, 0.15) is 21.6 Å². The number of carboxylic acids is 1. The molecular weight excluding hydrogens is 272 g/mol. The van der Waals surface area contributed by atoms with Gasteiger partial charge in [0.25, 0.3) is 5.91 Å². The number of anilines is 1. The van der Waals surface area contributed by atoms with Gasteiger partial charge in [-0.2, -0.15) is 0 Å². The Morgan fingerprint density at radius 2 is 1.81 bits per heavy atom. The molecule has 0 aliphatic carbocycles. The molecule has 4 N–H and O–H groups in total. The van der Waals surface area contributed by atoms with Crippen molar-refractivity contribution >= 4 is 17.7 Å². The van der Waals surface area contributed by atoms with E-state index in [0.29, 0.717) is 12.4 Å². The van der Waals surface area contributed by atoms with Crippen LogP contribution in [0, 0.1) is 0 Å². The lowest BCUT2D eigenvalue weighted by Crippen LogP contribution is -2.14. The van der Waals surface area contributed by atoms with Crippen molar-refractivity contribution in [2.24, 2.45) is 5.73 Å². The number of aromatic nitrogens is 2. The van der Waals surface area contributed by atoms with Crippen LogP contribution in [-0.2, 0) is 17.8 Å². The van der Waals surface area contributed by atoms with Crippen LogP contribution in [0.25, 0.3) is 0 Å². The first kappa shape index (κ1) is 14.4. The summed E-state index contributed by atoms with van der Waals surface area (Å²) < 4.78 is 0. The molecule has 7 nitrogen and oxygen atoms in total. The molecule has 0 spiro atoms. The third-order valence-electron chi connectivity index (χ3n) is 2.84. The van der Waals surface area contributed by atoms with Gasteiger partial charge in [0.2, 0.25) is 0 Å². The van der Waals surface area contributed by atoms with Gasteiger partial charge >= 0.3 is 5.97 Å². The van der Waals surface area contributed by atoms with Crippen molar-refractivity contribution in [1.82, 2.24) is 10.2 Å². The van der Waals surface area contributed by atoms with E-state index in [0.717, 1.165) is 11.1 Å². The van der Waals surface area contributed by atoms with Gasteiger partial charge in [0.15, 0.2) is 5.69 Å². The quantitative estimate of drug-likeness (QED) is 0.723. The lowest BCUT2D eigenvalue weighted by Gasteiger charge is -2.09. The predicted molar refractivity (Wildman–Crippen MR) is 75.7 cm³/mol. The molecule has 0 saturated carbocycles. The monoisotopic (exact) mass is 286 g/mol. The van der Waals surface area contributed by atoms with E-state index in [-0.39, 0.29) is 12.1 Å². The fourth-order valence-corrected chi connectivity index (χ4v) is 1.81. The fourth-order valence-electron chi connectivity index (χ4n) is 1.81. The van der Waals surface area contributed by atoms with Gasteiger partial charge in [0.05, 0.1) is 6.42 Å². The smallest absolute Gasteiger partial charge is 0.307 e. The first-order valence-corrected chi connectivity index (χ1v) is 6.22. The molecule has 0 aliphatic rings. The van der Waals surface area contributed by atoms with Crippen molar-refractivity contribution in [3.05, 3.63) is 53.2 Å². The zero-order chi connectivity index (χ0) is 15.2. The maximum atomic E-state index is 10.9. The predicted octanol–water partition coefficient (Wildman–Crippen LogP) is 0.815. The van der Waals surface area contributed by atoms with E-state index in [4.69, 9.17) is 10.8 Å². The molecule has 0 aliphatic heterocycles. The Kier molecular flexibility index (Phi) is 4.45. The van der Waals surface area contributed by atoms with Crippen molar-refractivity contribution in [1.29, 1.82) is 0 Å². The molecular formula is C14H14N4O3. The summed E-state index contributed by atoms with van der Waals surface area (Å²) in [6.07, 6.45) is -0.0376. The van der Waals surface area contributed by atoms with E-state index < -0.39 is 11.9 Å². The number of aliphatic carboxylic acids is 1. The zero-order valence-corrected chi connectivity index (χ0v) is 11.1. The highest BCUT2D eigenvalue weighted by Gasteiger charge is 2.07. The number of nitrogens with one attached hydrogen (secondary N) is 1. The topological polar surface area (TPSA) is 118 Å². The molecule has 0 saturated heterocycles. The third kappa shape index (κ3) is 4.00. The highest BCUT2D eigenvalue weighted by molar-refractivity contribution is 5.90. The Morgan fingerprint density at radius 3 is 2.38 bits per heavy atom. The molecule has 7 heteroatoms. The Hall–Kier alpha value is -2.96. The number of nitrogens with zero attached hydrogens (tertiary/aromatic N) is 2. The summed E-state index contributed by atoms with van der Waals surface area (Å²) in [6.45, 7) is 0.411. The van der Waals surface area contributed by atoms with E-state index in [1.807, 2.05) is 12.1 Å². The number of nitrogens with two attached hydrogens (primary N) is 1. The lowest BCUT2D eigenvalue weighted by molar-refractivity contribution is -0.136. The molecule has 1 amide bonds. The number of hydrogen-bond acceptors (Lipinski definition) is 5. The number of primary amides is 1. The molecule has 0 fully saturated rings. The maximum Gasteiger partial charge on any atom is 0.307 e. The first-order chi connectivity index (χ1) is 10.1. The second-order valence-electron chi connectivity index (χ2n) is 4.36. The van der Waals surface area contributed by atoms with E-state index in [1.54, 1.807) is 18.2 Å². The van der Waals surface area contributed by atoms with Crippen LogP contribution in [0.4, 0.5) is 5.82 Å². The minimum absolute atomic E-state index is 0.0376. The maximum absolute atomic E-state index is 10.9. The van der Waals surface area contributed by atoms with Gasteiger partial charge in [-0.1, -0.05) is 24.3 Å². The van der Waals surface area contributed by atoms with Crippen molar-refractivity contribution < 1.29 is 14.7 Å². The number of rotatable bonds is 6. The van der Waals surface area contributed by atoms with E-state index >= 15 is 0 Å². The third-order valence-corrected chi connectivity index (χ3v) is 2.84. The summed E-state index contributed by atoms with van der Waals surface area (Å²) in [7, 11) is 0. The Labute approximate surface area is 120 Å². The molecule has 0 atom stereocenters. The second kappa shape index (κ2) is 6.47. The summed E-state index contributed by atoms with van der Waals surface area (Å²) in [5.74, 6) is -1.04. The highest BCUT2D eigenvalue weighted by Crippen LogP contribution is 2.12. The molecule has 108 valence electrons. The summed E-state index contributed by atoms with van der Waals surface area (Å²) in [5.41, 5.74) is 6.76. The minimum Gasteiger partial charge on any atom is -0.481 e. The van der Waals surface area contributed by atoms with Crippen LogP contribution in [0.2, 0.25) is 0 Å². The van der Waals surface area contributed by atoms with Crippen LogP contribution < -0.4 is 11.1 Å². The number of carbonyl (C=O) groups is 2. The number of carbonyl (C=O) groups excluding carboxylic acids is 1. The van der Waals surface area contributed by atoms with Crippen molar-refractivity contribution in [2.45, 2.75) is 13.0 Å². The summed E-state index contributed by atoms with van der Waals surface area (Å²) in [6, 6.07) is 10.3. The molecule has 1 aromatic carbocycles. The molecule has 2 rings (SSSR count). The Balaban J connectivity index is 2.06. The molecule has 1 aromatic heterocycles. The zero-order valence-electron chi connectivity index (χ0n) is 11.1. The van der Waals surface area contributed by atoms with Crippen molar-refractivity contribution in [2.75, 3.05) is 5.32 Å². The fraction of sp³-hybridized carbons (Fsp3) is 0.143. The average Bonchev–Trinajstić information content (AvgIpc) is 2.46. The standard InChI is InChI=1S/C14H14N4O3/c15-14(21)11-5-6-12(18-17-11)16-8-10-4-2-1-3-9(10)7-13(19)20/h1-6H,7-8H2,(H2,15,21)(H,16,18)(H,19,20). The number of carboxylic acid groups (broad SMARTS) is 1. The molecule has 1 heterocycles. The van der Waals surface area contributed by atoms with Gasteiger partial charge < -0.3 is 16.2 Å². The molecule has 2 aromatic rings. The molecule has 0 bridgehead atoms. The number of hydrogen-bond donors (Lipinski definition) is 3. The van der Waals surface area contributed by atoms with Crippen LogP contribution >= 0.6 is 0 Å². The Bertz CT molecular complexity index is 656. The van der Waals surface area contributed by atoms with Gasteiger partial charge in [-0.05, 0) is 23.3 Å². The highest BCUT2D eigenvalue weighted by atomic mass is 16.4. The molecule has 0 radical (unpaired) electrons. The average molecular weight is 286 g/mol. The van der Waals surface area contributed by atoms with Crippen LogP contribution in [-0.4, -0.2) is 27.2 Å². The lowest BCUT2D eigenvalue weighted by atomic mass is 10.0. The number of benzene rings is 1. The first-order valence-electron chi connectivity index (χ1n) is 6.22. The summed E-state index contributed by atoms with van der Waals surface area (Å²) in [5, 5.41) is 19.4. The molecule has 21 heavy (non-hydrogen) atoms. The van der Waals surface area contributed by atoms with Crippen molar-refractivity contribution in [3.8, 4) is 0 Å². The van der Waals surface area contributed by atoms with Gasteiger partial charge in [-0.25, -0.2) is 0 Å². The summed E-state index contributed by atoms with van der Waals surface area (Å²) in [4.78, 5) is 21.7. The minimum atomic E-state index is -0.881. The Morgan fingerprint density at radius 1 is 1.10 bits per heavy atom. The van der Waals surface area contributed by atoms with Crippen LogP contribution in [0.15, 0.2) is 36.4 Å². The van der Waals surface area contributed by atoms with E-state index in [1.165, 1.54) is 6.07 Å². The van der Waals surface area contributed by atoms with Crippen molar-refractivity contribution in [3.63, 3.8) is 0 Å². The van der Waals surface area contributed by atoms with Gasteiger partial charge in [-0.3, -0.25) is 9.59 Å². The summed E-state index contributed by atoms with van der Waals surface area (Å²) >= 11 is 0. The number of amides is 1. The SMILES string of the molecule is NC(=O)c1ccc(NCc2ccccc2CC(=O)O)nn1. The van der Waals surface area contributed by atoms with Gasteiger partial charge in [0.1, 0.15) is 5.82 Å². The van der Waals surface area contributed by atoms with E-state index in [9.17, 15) is 9.59 Å². The van der Waals surface area contributed by atoms with Gasteiger partial charge in [-0.15, -0.1) is 10.2 Å².